The van der Waals surface area contributed by atoms with Crippen molar-refractivity contribution in [1.29, 1.82) is 0 Å². The molecule has 22 heavy (non-hydrogen) atoms. The van der Waals surface area contributed by atoms with Gasteiger partial charge < -0.3 is 10.2 Å². The van der Waals surface area contributed by atoms with Crippen molar-refractivity contribution in [1.82, 2.24) is 0 Å². The minimum Gasteiger partial charge on any atom is -0.326 e. The van der Waals surface area contributed by atoms with Gasteiger partial charge in [-0.25, -0.2) is 8.78 Å². The van der Waals surface area contributed by atoms with Gasteiger partial charge >= 0.3 is 0 Å². The van der Waals surface area contributed by atoms with Gasteiger partial charge in [0, 0.05) is 17.3 Å². The Morgan fingerprint density at radius 1 is 1.09 bits per heavy atom. The molecule has 0 heterocycles. The summed E-state index contributed by atoms with van der Waals surface area (Å²) in [5, 5.41) is 2.57. The summed E-state index contributed by atoms with van der Waals surface area (Å²) >= 11 is 0. The van der Waals surface area contributed by atoms with Crippen LogP contribution in [0.4, 0.5) is 14.5 Å². The first kappa shape index (κ1) is 16.1. The number of quaternary nitrogens is 1. The van der Waals surface area contributed by atoms with E-state index in [4.69, 9.17) is 0 Å². The summed E-state index contributed by atoms with van der Waals surface area (Å²) in [5.41, 5.74) is 2.59. The Bertz CT molecular complexity index is 656. The molecular weight excluding hydrogens is 286 g/mol. The van der Waals surface area contributed by atoms with Gasteiger partial charge in [-0.2, -0.15) is 0 Å². The number of hydrogen-bond acceptors (Lipinski definition) is 1. The molecule has 2 aromatic carbocycles. The first-order valence-electron chi connectivity index (χ1n) is 7.06. The van der Waals surface area contributed by atoms with E-state index in [2.05, 4.69) is 5.32 Å². The molecule has 0 spiro atoms. The third kappa shape index (κ3) is 4.63. The van der Waals surface area contributed by atoms with E-state index in [1.807, 2.05) is 38.2 Å². The molecule has 0 aliphatic heterocycles. The van der Waals surface area contributed by atoms with Gasteiger partial charge in [-0.15, -0.1) is 0 Å². The summed E-state index contributed by atoms with van der Waals surface area (Å²) in [6.07, 6.45) is 0. The Morgan fingerprint density at radius 3 is 2.41 bits per heavy atom. The zero-order valence-electron chi connectivity index (χ0n) is 12.6. The second-order valence-corrected chi connectivity index (χ2v) is 5.47. The van der Waals surface area contributed by atoms with E-state index in [1.54, 1.807) is 0 Å². The zero-order valence-corrected chi connectivity index (χ0v) is 12.6. The molecule has 2 aromatic rings. The van der Waals surface area contributed by atoms with E-state index in [-0.39, 0.29) is 18.1 Å². The van der Waals surface area contributed by atoms with Crippen LogP contribution < -0.4 is 10.2 Å². The molecule has 5 heteroatoms. The number of likely N-dealkylation sites (N-methyl/N-ethyl adjacent to an activating group) is 1. The Kier molecular flexibility index (Phi) is 5.22. The number of rotatable bonds is 5. The number of anilines is 1. The quantitative estimate of drug-likeness (QED) is 0.869. The first-order valence-corrected chi connectivity index (χ1v) is 7.06. The molecule has 0 saturated heterocycles. The van der Waals surface area contributed by atoms with Crippen molar-refractivity contribution in [2.45, 2.75) is 13.5 Å². The average molecular weight is 305 g/mol. The fourth-order valence-corrected chi connectivity index (χ4v) is 2.17. The second-order valence-electron chi connectivity index (χ2n) is 5.47. The van der Waals surface area contributed by atoms with Gasteiger partial charge in [-0.3, -0.25) is 4.79 Å². The highest BCUT2D eigenvalue weighted by Gasteiger charge is 2.12. The summed E-state index contributed by atoms with van der Waals surface area (Å²) in [6.45, 7) is 2.98. The molecule has 0 aromatic heterocycles. The summed E-state index contributed by atoms with van der Waals surface area (Å²) in [4.78, 5) is 12.9. The third-order valence-electron chi connectivity index (χ3n) is 3.29. The normalized spacial score (nSPS) is 12.0. The smallest absolute Gasteiger partial charge is 0.279 e. The molecule has 1 atom stereocenters. The summed E-state index contributed by atoms with van der Waals surface area (Å²) < 4.78 is 25.9. The van der Waals surface area contributed by atoms with Crippen LogP contribution in [0.5, 0.6) is 0 Å². The Labute approximate surface area is 128 Å². The van der Waals surface area contributed by atoms with Crippen LogP contribution >= 0.6 is 0 Å². The Morgan fingerprint density at radius 2 is 1.77 bits per heavy atom. The van der Waals surface area contributed by atoms with Crippen LogP contribution in [0.15, 0.2) is 42.5 Å². The predicted molar refractivity (Wildman–Crippen MR) is 81.6 cm³/mol. The average Bonchev–Trinajstić information content (AvgIpc) is 2.45. The maximum absolute atomic E-state index is 13.1. The lowest BCUT2D eigenvalue weighted by atomic mass is 10.1. The van der Waals surface area contributed by atoms with E-state index in [0.717, 1.165) is 22.6 Å². The second kappa shape index (κ2) is 7.13. The number of nitrogens with one attached hydrogen (secondary N) is 2. The molecule has 1 amide bonds. The van der Waals surface area contributed by atoms with Gasteiger partial charge in [0.2, 0.25) is 0 Å². The molecule has 0 fully saturated rings. The van der Waals surface area contributed by atoms with Gasteiger partial charge in [-0.05, 0) is 19.1 Å². The Hall–Kier alpha value is -2.27. The minimum absolute atomic E-state index is 0.240. The summed E-state index contributed by atoms with van der Waals surface area (Å²) in [6, 6.07) is 11.4. The van der Waals surface area contributed by atoms with Crippen LogP contribution in [0.25, 0.3) is 0 Å². The third-order valence-corrected chi connectivity index (χ3v) is 3.29. The van der Waals surface area contributed by atoms with E-state index < -0.39 is 11.6 Å². The SMILES string of the molecule is Cc1ccc(C[NH+](C)CC(=O)Nc2ccc(F)c(F)c2)cc1. The maximum Gasteiger partial charge on any atom is 0.279 e. The molecule has 0 radical (unpaired) electrons. The maximum atomic E-state index is 13.1. The van der Waals surface area contributed by atoms with Crippen molar-refractivity contribution in [3.05, 3.63) is 65.2 Å². The lowest BCUT2D eigenvalue weighted by molar-refractivity contribution is -0.885. The highest BCUT2D eigenvalue weighted by Crippen LogP contribution is 2.12. The number of aryl methyl sites for hydroxylation is 1. The van der Waals surface area contributed by atoms with Crippen LogP contribution in [0.2, 0.25) is 0 Å². The van der Waals surface area contributed by atoms with Gasteiger partial charge in [-0.1, -0.05) is 29.8 Å². The molecule has 3 nitrogen and oxygen atoms in total. The van der Waals surface area contributed by atoms with E-state index >= 15 is 0 Å². The van der Waals surface area contributed by atoms with Gasteiger partial charge in [0.05, 0.1) is 7.05 Å². The van der Waals surface area contributed by atoms with Crippen molar-refractivity contribution in [2.75, 3.05) is 18.9 Å². The van der Waals surface area contributed by atoms with E-state index in [1.165, 1.54) is 11.6 Å². The molecule has 0 aliphatic rings. The molecule has 0 aliphatic carbocycles. The van der Waals surface area contributed by atoms with Gasteiger partial charge in [0.1, 0.15) is 6.54 Å². The number of benzene rings is 2. The highest BCUT2D eigenvalue weighted by atomic mass is 19.2. The van der Waals surface area contributed by atoms with Gasteiger partial charge in [0.25, 0.3) is 5.91 Å². The fraction of sp³-hybridized carbons (Fsp3) is 0.235. The minimum atomic E-state index is -0.974. The van der Waals surface area contributed by atoms with Crippen LogP contribution in [0.1, 0.15) is 11.1 Å². The summed E-state index contributed by atoms with van der Waals surface area (Å²) in [7, 11) is 1.91. The monoisotopic (exact) mass is 305 g/mol. The predicted octanol–water partition coefficient (Wildman–Crippen LogP) is 1.93. The van der Waals surface area contributed by atoms with Crippen molar-refractivity contribution in [3.8, 4) is 0 Å². The van der Waals surface area contributed by atoms with Crippen molar-refractivity contribution in [2.24, 2.45) is 0 Å². The molecule has 2 rings (SSSR count). The zero-order chi connectivity index (χ0) is 16.1. The van der Waals surface area contributed by atoms with E-state index in [9.17, 15) is 13.6 Å². The standard InChI is InChI=1S/C17H18F2N2O/c1-12-3-5-13(6-4-12)10-21(2)11-17(22)20-14-7-8-15(18)16(19)9-14/h3-9H,10-11H2,1-2H3,(H,20,22)/p+1. The number of carbonyl (C=O) groups excluding carboxylic acids is 1. The number of halogens is 2. The lowest BCUT2D eigenvalue weighted by Gasteiger charge is -2.14. The van der Waals surface area contributed by atoms with Crippen LogP contribution in [-0.4, -0.2) is 19.5 Å². The molecule has 2 N–H and O–H groups in total. The number of hydrogen-bond donors (Lipinski definition) is 2. The molecule has 1 unspecified atom stereocenters. The number of amides is 1. The Balaban J connectivity index is 1.88. The first-order chi connectivity index (χ1) is 10.4. The van der Waals surface area contributed by atoms with Crippen LogP contribution in [-0.2, 0) is 11.3 Å². The van der Waals surface area contributed by atoms with Crippen molar-refractivity contribution in [3.63, 3.8) is 0 Å². The molecule has 0 saturated carbocycles. The fourth-order valence-electron chi connectivity index (χ4n) is 2.17. The molecule has 116 valence electrons. The van der Waals surface area contributed by atoms with Crippen LogP contribution in [0, 0.1) is 18.6 Å². The highest BCUT2D eigenvalue weighted by molar-refractivity contribution is 5.91. The number of carbonyl (C=O) groups is 1. The lowest BCUT2D eigenvalue weighted by Crippen LogP contribution is -3.08. The topological polar surface area (TPSA) is 33.5 Å². The summed E-state index contributed by atoms with van der Waals surface area (Å²) in [5.74, 6) is -2.14. The van der Waals surface area contributed by atoms with Gasteiger partial charge in [0.15, 0.2) is 18.2 Å². The molecular formula is C17H19F2N2O+. The van der Waals surface area contributed by atoms with Crippen molar-refractivity contribution >= 4 is 11.6 Å². The molecule has 0 bridgehead atoms. The van der Waals surface area contributed by atoms with Crippen molar-refractivity contribution < 1.29 is 18.5 Å². The van der Waals surface area contributed by atoms with Crippen LogP contribution in [0.3, 0.4) is 0 Å². The largest absolute Gasteiger partial charge is 0.326 e. The van der Waals surface area contributed by atoms with E-state index in [0.29, 0.717) is 6.54 Å².